The van der Waals surface area contributed by atoms with Crippen LogP contribution in [0.3, 0.4) is 0 Å². The number of nitrogens with zero attached hydrogens (tertiary/aromatic N) is 1. The minimum atomic E-state index is -0.492. The second-order valence-corrected chi connectivity index (χ2v) is 6.88. The second-order valence-electron chi connectivity index (χ2n) is 6.88. The Kier molecular flexibility index (Phi) is 3.48. The first-order chi connectivity index (χ1) is 9.09. The third-order valence-electron chi connectivity index (χ3n) is 4.42. The van der Waals surface area contributed by atoms with E-state index in [1.165, 1.54) is 0 Å². The fourth-order valence-electron chi connectivity index (χ4n) is 2.09. The van der Waals surface area contributed by atoms with Crippen molar-refractivity contribution in [1.82, 2.24) is 0 Å². The lowest BCUT2D eigenvalue weighted by molar-refractivity contribution is 0.00578. The summed E-state index contributed by atoms with van der Waals surface area (Å²) in [4.78, 5) is 3.65. The highest BCUT2D eigenvalue weighted by atomic mass is 16.7. The van der Waals surface area contributed by atoms with Gasteiger partial charge >= 0.3 is 7.12 Å². The molecule has 106 valence electrons. The molecule has 2 rings (SSSR count). The zero-order valence-corrected chi connectivity index (χ0v) is 13.2. The van der Waals surface area contributed by atoms with Gasteiger partial charge < -0.3 is 14.2 Å². The fraction of sp³-hybridized carbons (Fsp3) is 0.562. The minimum Gasteiger partial charge on any atom is -0.399 e. The largest absolute Gasteiger partial charge is 0.494 e. The number of rotatable bonds is 2. The van der Waals surface area contributed by atoms with Crippen molar-refractivity contribution in [2.24, 2.45) is 0 Å². The van der Waals surface area contributed by atoms with Crippen LogP contribution in [0.2, 0.25) is 0 Å². The van der Waals surface area contributed by atoms with Gasteiger partial charge in [-0.2, -0.15) is 0 Å². The van der Waals surface area contributed by atoms with Crippen LogP contribution in [-0.4, -0.2) is 18.3 Å². The van der Waals surface area contributed by atoms with Crippen LogP contribution < -0.4 is 5.46 Å². The van der Waals surface area contributed by atoms with Gasteiger partial charge in [0.05, 0.1) is 11.2 Å². The lowest BCUT2D eigenvalue weighted by Crippen LogP contribution is -2.41. The molecular weight excluding hydrogens is 249 g/mol. The zero-order valence-electron chi connectivity index (χ0n) is 13.2. The van der Waals surface area contributed by atoms with Crippen LogP contribution >= 0.6 is 0 Å². The van der Waals surface area contributed by atoms with Crippen molar-refractivity contribution in [3.8, 4) is 0 Å². The lowest BCUT2D eigenvalue weighted by Gasteiger charge is -2.32. The van der Waals surface area contributed by atoms with Crippen molar-refractivity contribution in [3.63, 3.8) is 0 Å². The summed E-state index contributed by atoms with van der Waals surface area (Å²) in [5, 5.41) is 0. The molecule has 1 aromatic rings. The number of hydrogen-bond donors (Lipinski definition) is 0. The number of benzene rings is 1. The molecule has 0 atom stereocenters. The van der Waals surface area contributed by atoms with Crippen molar-refractivity contribution in [3.05, 3.63) is 41.2 Å². The van der Waals surface area contributed by atoms with Gasteiger partial charge in [-0.15, -0.1) is 0 Å². The molecule has 1 aliphatic heterocycles. The molecule has 0 radical (unpaired) electrons. The smallest absolute Gasteiger partial charge is 0.399 e. The van der Waals surface area contributed by atoms with Gasteiger partial charge in [0.1, 0.15) is 0 Å². The monoisotopic (exact) mass is 271 g/mol. The van der Waals surface area contributed by atoms with Crippen molar-refractivity contribution in [2.45, 2.75) is 58.3 Å². The fourth-order valence-corrected chi connectivity index (χ4v) is 2.09. The molecule has 0 N–H and O–H groups in total. The molecule has 0 spiro atoms. The predicted octanol–water partition coefficient (Wildman–Crippen LogP) is 3.14. The van der Waals surface area contributed by atoms with Crippen molar-refractivity contribution in [2.75, 3.05) is 0 Å². The van der Waals surface area contributed by atoms with Crippen molar-refractivity contribution in [1.29, 1.82) is 0 Å². The molecule has 0 bridgehead atoms. The molecule has 1 saturated heterocycles. The molecule has 0 aromatic heterocycles. The van der Waals surface area contributed by atoms with Gasteiger partial charge in [0, 0.05) is 19.4 Å². The SMILES string of the molecule is [C-]#[N+]C(C)(C)c1ccc(B2OC(C)(C)C(C)(C)O2)cc1. The quantitative estimate of drug-likeness (QED) is 0.609. The van der Waals surface area contributed by atoms with Gasteiger partial charge in [-0.3, -0.25) is 0 Å². The number of hydrogen-bond acceptors (Lipinski definition) is 2. The summed E-state index contributed by atoms with van der Waals surface area (Å²) in [6, 6.07) is 7.95. The molecule has 1 aliphatic rings. The van der Waals surface area contributed by atoms with Gasteiger partial charge in [-0.05, 0) is 33.2 Å². The standard InChI is InChI=1S/C16H22BNO2/c1-14(2,18-7)12-8-10-13(11-9-12)17-19-15(3,4)16(5,6)20-17/h8-11H,1-6H3. The molecule has 4 heteroatoms. The summed E-state index contributed by atoms with van der Waals surface area (Å²) in [6.07, 6.45) is 0. The van der Waals surface area contributed by atoms with Crippen LogP contribution in [0.5, 0.6) is 0 Å². The first kappa shape index (κ1) is 15.1. The molecule has 0 unspecified atom stereocenters. The van der Waals surface area contributed by atoms with E-state index in [-0.39, 0.29) is 18.3 Å². The molecule has 1 aromatic carbocycles. The molecule has 0 amide bonds. The molecule has 20 heavy (non-hydrogen) atoms. The Bertz CT molecular complexity index is 525. The first-order valence-electron chi connectivity index (χ1n) is 6.94. The van der Waals surface area contributed by atoms with E-state index in [0.29, 0.717) is 0 Å². The van der Waals surface area contributed by atoms with Crippen LogP contribution in [0.25, 0.3) is 4.85 Å². The van der Waals surface area contributed by atoms with Crippen LogP contribution in [0.15, 0.2) is 24.3 Å². The highest BCUT2D eigenvalue weighted by Gasteiger charge is 2.51. The zero-order chi connectivity index (χ0) is 15.2. The van der Waals surface area contributed by atoms with Gasteiger partial charge in [0.15, 0.2) is 0 Å². The Morgan fingerprint density at radius 2 is 1.45 bits per heavy atom. The maximum Gasteiger partial charge on any atom is 0.494 e. The van der Waals surface area contributed by atoms with Crippen molar-refractivity contribution >= 4 is 12.6 Å². The van der Waals surface area contributed by atoms with E-state index >= 15 is 0 Å². The second kappa shape index (κ2) is 4.61. The minimum absolute atomic E-state index is 0.327. The lowest BCUT2D eigenvalue weighted by atomic mass is 9.78. The van der Waals surface area contributed by atoms with E-state index in [2.05, 4.69) is 4.85 Å². The highest BCUT2D eigenvalue weighted by molar-refractivity contribution is 6.62. The Morgan fingerprint density at radius 1 is 1.00 bits per heavy atom. The summed E-state index contributed by atoms with van der Waals surface area (Å²) in [5.41, 5.74) is 0.855. The molecule has 3 nitrogen and oxygen atoms in total. The molecular formula is C16H22BNO2. The van der Waals surface area contributed by atoms with Crippen LogP contribution in [0, 0.1) is 6.57 Å². The summed E-state index contributed by atoms with van der Waals surface area (Å²) in [7, 11) is -0.342. The van der Waals surface area contributed by atoms with Crippen LogP contribution in [0.4, 0.5) is 0 Å². The van der Waals surface area contributed by atoms with E-state index in [0.717, 1.165) is 11.0 Å². The molecule has 0 aliphatic carbocycles. The molecule has 0 saturated carbocycles. The average molecular weight is 271 g/mol. The van der Waals surface area contributed by atoms with Crippen LogP contribution in [0.1, 0.15) is 47.1 Å². The summed E-state index contributed by atoms with van der Waals surface area (Å²) < 4.78 is 12.0. The van der Waals surface area contributed by atoms with E-state index in [1.54, 1.807) is 0 Å². The van der Waals surface area contributed by atoms with Crippen LogP contribution in [-0.2, 0) is 14.8 Å². The average Bonchev–Trinajstić information content (AvgIpc) is 2.59. The first-order valence-corrected chi connectivity index (χ1v) is 6.94. The summed E-state index contributed by atoms with van der Waals surface area (Å²) in [5.74, 6) is 0. The highest BCUT2D eigenvalue weighted by Crippen LogP contribution is 2.36. The Labute approximate surface area is 122 Å². The Morgan fingerprint density at radius 3 is 1.85 bits per heavy atom. The van der Waals surface area contributed by atoms with E-state index in [4.69, 9.17) is 15.9 Å². The predicted molar refractivity (Wildman–Crippen MR) is 81.8 cm³/mol. The van der Waals surface area contributed by atoms with Gasteiger partial charge in [-0.1, -0.05) is 24.3 Å². The van der Waals surface area contributed by atoms with E-state index in [9.17, 15) is 0 Å². The topological polar surface area (TPSA) is 22.8 Å². The van der Waals surface area contributed by atoms with Gasteiger partial charge in [-0.25, -0.2) is 6.57 Å². The molecule has 1 fully saturated rings. The third kappa shape index (κ3) is 2.48. The summed E-state index contributed by atoms with van der Waals surface area (Å²) in [6.45, 7) is 19.3. The third-order valence-corrected chi connectivity index (χ3v) is 4.42. The Balaban J connectivity index is 2.23. The van der Waals surface area contributed by atoms with E-state index in [1.807, 2.05) is 65.8 Å². The Hall–Kier alpha value is -1.31. The van der Waals surface area contributed by atoms with Gasteiger partial charge in [0.25, 0.3) is 5.54 Å². The van der Waals surface area contributed by atoms with Gasteiger partial charge in [0.2, 0.25) is 0 Å². The maximum atomic E-state index is 7.24. The molecule has 1 heterocycles. The maximum absolute atomic E-state index is 7.24. The summed E-state index contributed by atoms with van der Waals surface area (Å²) >= 11 is 0. The normalized spacial score (nSPS) is 20.8. The van der Waals surface area contributed by atoms with Crippen molar-refractivity contribution < 1.29 is 9.31 Å². The van der Waals surface area contributed by atoms with E-state index < -0.39 is 5.54 Å².